The standard InChI is InChI=1S/C9H15BrN2O2S2/c1-7-8(6-9(10)15-7)16(13,14)12(2)5-3-4-11/h6H,3-5,11H2,1-2H3. The van der Waals surface area contributed by atoms with Crippen LogP contribution in [0.25, 0.3) is 0 Å². The Morgan fingerprint density at radius 1 is 1.56 bits per heavy atom. The molecule has 1 aromatic rings. The second kappa shape index (κ2) is 5.59. The lowest BCUT2D eigenvalue weighted by Crippen LogP contribution is -2.29. The maximum Gasteiger partial charge on any atom is 0.243 e. The highest BCUT2D eigenvalue weighted by Gasteiger charge is 2.23. The van der Waals surface area contributed by atoms with Crippen molar-refractivity contribution in [3.63, 3.8) is 0 Å². The highest BCUT2D eigenvalue weighted by atomic mass is 79.9. The van der Waals surface area contributed by atoms with E-state index in [2.05, 4.69) is 15.9 Å². The van der Waals surface area contributed by atoms with Crippen molar-refractivity contribution in [3.05, 3.63) is 14.7 Å². The summed E-state index contributed by atoms with van der Waals surface area (Å²) < 4.78 is 26.5. The monoisotopic (exact) mass is 326 g/mol. The second-order valence-corrected chi connectivity index (χ2v) is 8.09. The van der Waals surface area contributed by atoms with Crippen molar-refractivity contribution in [3.8, 4) is 0 Å². The van der Waals surface area contributed by atoms with Crippen LogP contribution in [0.1, 0.15) is 11.3 Å². The van der Waals surface area contributed by atoms with Crippen LogP contribution in [-0.2, 0) is 10.0 Å². The van der Waals surface area contributed by atoms with Gasteiger partial charge in [0.05, 0.1) is 8.68 Å². The number of nitrogens with two attached hydrogens (primary N) is 1. The summed E-state index contributed by atoms with van der Waals surface area (Å²) in [6, 6.07) is 1.65. The molecule has 0 spiro atoms. The smallest absolute Gasteiger partial charge is 0.243 e. The normalized spacial score (nSPS) is 12.3. The molecule has 0 saturated heterocycles. The summed E-state index contributed by atoms with van der Waals surface area (Å²) in [5.74, 6) is 0. The predicted octanol–water partition coefficient (Wildman–Crippen LogP) is 1.79. The minimum Gasteiger partial charge on any atom is -0.330 e. The molecule has 2 N–H and O–H groups in total. The fourth-order valence-electron chi connectivity index (χ4n) is 1.29. The molecule has 0 fully saturated rings. The van der Waals surface area contributed by atoms with E-state index >= 15 is 0 Å². The van der Waals surface area contributed by atoms with Gasteiger partial charge in [-0.3, -0.25) is 0 Å². The number of aryl methyl sites for hydroxylation is 1. The van der Waals surface area contributed by atoms with Gasteiger partial charge in [-0.1, -0.05) is 0 Å². The molecule has 0 amide bonds. The number of rotatable bonds is 5. The Labute approximate surface area is 109 Å². The zero-order valence-corrected chi connectivity index (χ0v) is 12.5. The zero-order chi connectivity index (χ0) is 12.3. The molecule has 0 aliphatic rings. The van der Waals surface area contributed by atoms with Crippen LogP contribution < -0.4 is 5.73 Å². The highest BCUT2D eigenvalue weighted by molar-refractivity contribution is 9.11. The van der Waals surface area contributed by atoms with Gasteiger partial charge in [0.2, 0.25) is 10.0 Å². The van der Waals surface area contributed by atoms with Gasteiger partial charge in [-0.05, 0) is 41.9 Å². The first-order chi connectivity index (χ1) is 7.39. The van der Waals surface area contributed by atoms with Crippen molar-refractivity contribution in [1.82, 2.24) is 4.31 Å². The maximum absolute atomic E-state index is 12.1. The van der Waals surface area contributed by atoms with Gasteiger partial charge in [0, 0.05) is 18.5 Å². The Balaban J connectivity index is 2.97. The molecule has 0 atom stereocenters. The predicted molar refractivity (Wildman–Crippen MR) is 70.2 cm³/mol. The van der Waals surface area contributed by atoms with Crippen LogP contribution >= 0.6 is 27.3 Å². The van der Waals surface area contributed by atoms with Crippen LogP contribution in [0, 0.1) is 6.92 Å². The number of thiophene rings is 1. The fraction of sp³-hybridized carbons (Fsp3) is 0.556. The van der Waals surface area contributed by atoms with Gasteiger partial charge in [-0.25, -0.2) is 12.7 Å². The Morgan fingerprint density at radius 2 is 2.19 bits per heavy atom. The van der Waals surface area contributed by atoms with Crippen LogP contribution in [-0.4, -0.2) is 32.9 Å². The van der Waals surface area contributed by atoms with Crippen molar-refractivity contribution in [2.24, 2.45) is 5.73 Å². The van der Waals surface area contributed by atoms with E-state index in [1.54, 1.807) is 20.0 Å². The minimum atomic E-state index is -3.36. The third kappa shape index (κ3) is 3.04. The van der Waals surface area contributed by atoms with Crippen LogP contribution in [0.4, 0.5) is 0 Å². The maximum atomic E-state index is 12.1. The van der Waals surface area contributed by atoms with E-state index < -0.39 is 10.0 Å². The van der Waals surface area contributed by atoms with Gasteiger partial charge in [-0.15, -0.1) is 11.3 Å². The van der Waals surface area contributed by atoms with Crippen LogP contribution in [0.15, 0.2) is 14.7 Å². The van der Waals surface area contributed by atoms with E-state index in [0.29, 0.717) is 24.4 Å². The van der Waals surface area contributed by atoms with E-state index in [0.717, 1.165) is 8.66 Å². The molecule has 0 aliphatic carbocycles. The SMILES string of the molecule is Cc1sc(Br)cc1S(=O)(=O)N(C)CCCN. The third-order valence-electron chi connectivity index (χ3n) is 2.21. The molecule has 0 saturated carbocycles. The lowest BCUT2D eigenvalue weighted by Gasteiger charge is -2.16. The molecule has 0 bridgehead atoms. The summed E-state index contributed by atoms with van der Waals surface area (Å²) in [7, 11) is -1.78. The van der Waals surface area contributed by atoms with Gasteiger partial charge < -0.3 is 5.73 Å². The molecule has 4 nitrogen and oxygen atoms in total. The Morgan fingerprint density at radius 3 is 2.62 bits per heavy atom. The molecule has 0 aliphatic heterocycles. The zero-order valence-electron chi connectivity index (χ0n) is 9.23. The molecule has 7 heteroatoms. The molecule has 1 aromatic heterocycles. The molecule has 1 rings (SSSR count). The number of hydrogen-bond donors (Lipinski definition) is 1. The summed E-state index contributed by atoms with van der Waals surface area (Å²) in [6.45, 7) is 2.75. The molecule has 92 valence electrons. The van der Waals surface area contributed by atoms with E-state index in [1.165, 1.54) is 15.6 Å². The number of hydrogen-bond acceptors (Lipinski definition) is 4. The first-order valence-electron chi connectivity index (χ1n) is 4.82. The largest absolute Gasteiger partial charge is 0.330 e. The highest BCUT2D eigenvalue weighted by Crippen LogP contribution is 2.31. The third-order valence-corrected chi connectivity index (χ3v) is 5.87. The lowest BCUT2D eigenvalue weighted by atomic mass is 10.4. The number of halogens is 1. The first-order valence-corrected chi connectivity index (χ1v) is 7.87. The summed E-state index contributed by atoms with van der Waals surface area (Å²) in [6.07, 6.45) is 0.667. The Hall–Kier alpha value is 0.0500. The minimum absolute atomic E-state index is 0.379. The van der Waals surface area contributed by atoms with Crippen molar-refractivity contribution in [1.29, 1.82) is 0 Å². The van der Waals surface area contributed by atoms with Crippen molar-refractivity contribution >= 4 is 37.3 Å². The lowest BCUT2D eigenvalue weighted by molar-refractivity contribution is 0.463. The molecular weight excluding hydrogens is 312 g/mol. The first kappa shape index (κ1) is 14.1. The molecular formula is C9H15BrN2O2S2. The van der Waals surface area contributed by atoms with Gasteiger partial charge >= 0.3 is 0 Å². The quantitative estimate of drug-likeness (QED) is 0.897. The Kier molecular flexibility index (Phi) is 4.93. The van der Waals surface area contributed by atoms with Crippen LogP contribution in [0.3, 0.4) is 0 Å². The van der Waals surface area contributed by atoms with E-state index in [-0.39, 0.29) is 0 Å². The summed E-state index contributed by atoms with van der Waals surface area (Å²) in [4.78, 5) is 1.18. The van der Waals surface area contributed by atoms with Gasteiger partial charge in [0.1, 0.15) is 0 Å². The second-order valence-electron chi connectivity index (χ2n) is 3.44. The molecule has 1 heterocycles. The molecule has 0 unspecified atom stereocenters. The fourth-order valence-corrected chi connectivity index (χ4v) is 4.88. The topological polar surface area (TPSA) is 63.4 Å². The van der Waals surface area contributed by atoms with Crippen molar-refractivity contribution in [2.45, 2.75) is 18.2 Å². The number of sulfonamides is 1. The molecule has 0 aromatic carbocycles. The number of nitrogens with zero attached hydrogens (tertiary/aromatic N) is 1. The van der Waals surface area contributed by atoms with Gasteiger partial charge in [0.25, 0.3) is 0 Å². The summed E-state index contributed by atoms with van der Waals surface area (Å²) >= 11 is 4.72. The Bertz CT molecular complexity index is 456. The summed E-state index contributed by atoms with van der Waals surface area (Å²) in [5.41, 5.74) is 5.37. The van der Waals surface area contributed by atoms with Crippen molar-refractivity contribution in [2.75, 3.05) is 20.1 Å². The summed E-state index contributed by atoms with van der Waals surface area (Å²) in [5, 5.41) is 0. The van der Waals surface area contributed by atoms with E-state index in [9.17, 15) is 8.42 Å². The van der Waals surface area contributed by atoms with Gasteiger partial charge in [-0.2, -0.15) is 0 Å². The average molecular weight is 327 g/mol. The van der Waals surface area contributed by atoms with Gasteiger partial charge in [0.15, 0.2) is 0 Å². The van der Waals surface area contributed by atoms with Crippen molar-refractivity contribution < 1.29 is 8.42 Å². The molecule has 16 heavy (non-hydrogen) atoms. The van der Waals surface area contributed by atoms with Crippen LogP contribution in [0.2, 0.25) is 0 Å². The average Bonchev–Trinajstić information content (AvgIpc) is 2.54. The van der Waals surface area contributed by atoms with Crippen LogP contribution in [0.5, 0.6) is 0 Å². The molecule has 0 radical (unpaired) electrons. The van der Waals surface area contributed by atoms with E-state index in [1.807, 2.05) is 0 Å². The van der Waals surface area contributed by atoms with E-state index in [4.69, 9.17) is 5.73 Å².